The van der Waals surface area contributed by atoms with E-state index < -0.39 is 0 Å². The molecule has 1 aliphatic carbocycles. The molecule has 0 radical (unpaired) electrons. The summed E-state index contributed by atoms with van der Waals surface area (Å²) in [5, 5.41) is 3.37. The van der Waals surface area contributed by atoms with Crippen LogP contribution >= 0.6 is 11.6 Å². The van der Waals surface area contributed by atoms with Gasteiger partial charge in [-0.1, -0.05) is 11.6 Å². The van der Waals surface area contributed by atoms with E-state index in [0.717, 1.165) is 25.9 Å². The molecule has 0 aromatic heterocycles. The third-order valence-corrected chi connectivity index (χ3v) is 3.98. The smallest absolute Gasteiger partial charge is 0.252 e. The van der Waals surface area contributed by atoms with Crippen molar-refractivity contribution in [2.45, 2.75) is 19.3 Å². The van der Waals surface area contributed by atoms with E-state index in [1.54, 1.807) is 25.3 Å². The molecular weight excluding hydrogens is 264 g/mol. The van der Waals surface area contributed by atoms with Crippen molar-refractivity contribution in [1.29, 1.82) is 0 Å². The van der Waals surface area contributed by atoms with Crippen molar-refractivity contribution in [2.24, 2.45) is 5.41 Å². The minimum absolute atomic E-state index is 0.166. The number of rotatable bonds is 6. The molecule has 1 aliphatic rings. The van der Waals surface area contributed by atoms with E-state index in [1.807, 2.05) is 0 Å². The van der Waals surface area contributed by atoms with E-state index in [-0.39, 0.29) is 11.3 Å². The van der Waals surface area contributed by atoms with Crippen molar-refractivity contribution in [3.8, 4) is 0 Å². The Morgan fingerprint density at radius 2 is 2.26 bits per heavy atom. The maximum absolute atomic E-state index is 12.1. The summed E-state index contributed by atoms with van der Waals surface area (Å²) in [7, 11) is 1.70. The van der Waals surface area contributed by atoms with Crippen molar-refractivity contribution in [3.05, 3.63) is 28.8 Å². The van der Waals surface area contributed by atoms with Gasteiger partial charge in [0.25, 0.3) is 5.91 Å². The number of carbonyl (C=O) groups excluding carboxylic acids is 1. The van der Waals surface area contributed by atoms with Gasteiger partial charge in [-0.3, -0.25) is 4.79 Å². The molecule has 104 valence electrons. The molecule has 1 fully saturated rings. The molecule has 0 atom stereocenters. The molecule has 2 rings (SSSR count). The first-order valence-electron chi connectivity index (χ1n) is 6.38. The normalized spacial score (nSPS) is 16.1. The predicted molar refractivity (Wildman–Crippen MR) is 76.4 cm³/mol. The van der Waals surface area contributed by atoms with Crippen LogP contribution < -0.4 is 11.1 Å². The van der Waals surface area contributed by atoms with Crippen molar-refractivity contribution < 1.29 is 9.53 Å². The Morgan fingerprint density at radius 1 is 1.53 bits per heavy atom. The summed E-state index contributed by atoms with van der Waals surface area (Å²) in [4.78, 5) is 12.1. The summed E-state index contributed by atoms with van der Waals surface area (Å²) in [5.41, 5.74) is 6.86. The standard InChI is InChI=1S/C14H19ClN2O2/c1-19-7-6-14(4-5-14)9-17-13(18)11-8-10(16)2-3-12(11)15/h2-3,8H,4-7,9,16H2,1H3,(H,17,18). The second kappa shape index (κ2) is 5.80. The van der Waals surface area contributed by atoms with Crippen molar-refractivity contribution in [3.63, 3.8) is 0 Å². The van der Waals surface area contributed by atoms with Crippen LogP contribution in [0.25, 0.3) is 0 Å². The Morgan fingerprint density at radius 3 is 2.89 bits per heavy atom. The van der Waals surface area contributed by atoms with Crippen LogP contribution in [-0.2, 0) is 4.74 Å². The Hall–Kier alpha value is -1.26. The molecule has 1 aromatic carbocycles. The summed E-state index contributed by atoms with van der Waals surface area (Å²) < 4.78 is 5.09. The van der Waals surface area contributed by atoms with Gasteiger partial charge in [0, 0.05) is 25.9 Å². The highest BCUT2D eigenvalue weighted by Gasteiger charge is 2.42. The Labute approximate surface area is 118 Å². The lowest BCUT2D eigenvalue weighted by Crippen LogP contribution is -2.31. The van der Waals surface area contributed by atoms with Crippen LogP contribution in [0.3, 0.4) is 0 Å². The van der Waals surface area contributed by atoms with E-state index in [0.29, 0.717) is 22.8 Å². The Kier molecular flexibility index (Phi) is 4.32. The second-order valence-corrected chi connectivity index (χ2v) is 5.57. The lowest BCUT2D eigenvalue weighted by molar-refractivity contribution is 0.0938. The Bertz CT molecular complexity index is 473. The summed E-state index contributed by atoms with van der Waals surface area (Å²) in [6, 6.07) is 4.93. The number of hydrogen-bond acceptors (Lipinski definition) is 3. The summed E-state index contributed by atoms with van der Waals surface area (Å²) >= 11 is 6.00. The van der Waals surface area contributed by atoms with Crippen molar-refractivity contribution in [2.75, 3.05) is 26.0 Å². The molecule has 5 heteroatoms. The minimum Gasteiger partial charge on any atom is -0.399 e. The van der Waals surface area contributed by atoms with Gasteiger partial charge in [0.2, 0.25) is 0 Å². The molecule has 0 heterocycles. The first-order chi connectivity index (χ1) is 9.06. The van der Waals surface area contributed by atoms with Gasteiger partial charge in [-0.25, -0.2) is 0 Å². The van der Waals surface area contributed by atoms with Gasteiger partial charge in [-0.05, 0) is 42.9 Å². The molecule has 0 unspecified atom stereocenters. The Balaban J connectivity index is 1.93. The average Bonchev–Trinajstić information content (AvgIpc) is 3.17. The van der Waals surface area contributed by atoms with Crippen molar-refractivity contribution >= 4 is 23.2 Å². The molecule has 4 nitrogen and oxygen atoms in total. The lowest BCUT2D eigenvalue weighted by atomic mass is 10.0. The highest BCUT2D eigenvalue weighted by atomic mass is 35.5. The number of nitrogens with two attached hydrogens (primary N) is 1. The molecule has 0 saturated heterocycles. The van der Waals surface area contributed by atoms with Gasteiger partial charge in [0.05, 0.1) is 10.6 Å². The van der Waals surface area contributed by atoms with Crippen LogP contribution in [0, 0.1) is 5.41 Å². The van der Waals surface area contributed by atoms with Crippen LogP contribution in [0.4, 0.5) is 5.69 Å². The highest BCUT2D eigenvalue weighted by molar-refractivity contribution is 6.34. The zero-order chi connectivity index (χ0) is 13.9. The predicted octanol–water partition coefficient (Wildman–Crippen LogP) is 2.47. The monoisotopic (exact) mass is 282 g/mol. The third kappa shape index (κ3) is 3.61. The van der Waals surface area contributed by atoms with E-state index in [1.165, 1.54) is 0 Å². The summed E-state index contributed by atoms with van der Waals surface area (Å²) in [6.07, 6.45) is 3.26. The lowest BCUT2D eigenvalue weighted by Gasteiger charge is -2.16. The van der Waals surface area contributed by atoms with Crippen LogP contribution in [-0.4, -0.2) is 26.2 Å². The zero-order valence-electron chi connectivity index (χ0n) is 11.0. The molecule has 0 spiro atoms. The second-order valence-electron chi connectivity index (χ2n) is 5.16. The topological polar surface area (TPSA) is 64.3 Å². The van der Waals surface area contributed by atoms with Gasteiger partial charge in [0.15, 0.2) is 0 Å². The van der Waals surface area contributed by atoms with E-state index in [4.69, 9.17) is 22.1 Å². The number of anilines is 1. The fraction of sp³-hybridized carbons (Fsp3) is 0.500. The van der Waals surface area contributed by atoms with Gasteiger partial charge < -0.3 is 15.8 Å². The van der Waals surface area contributed by atoms with E-state index >= 15 is 0 Å². The number of nitrogens with one attached hydrogen (secondary N) is 1. The minimum atomic E-state index is -0.166. The quantitative estimate of drug-likeness (QED) is 0.788. The molecule has 0 aliphatic heterocycles. The number of nitrogen functional groups attached to an aromatic ring is 1. The number of benzene rings is 1. The average molecular weight is 283 g/mol. The number of ether oxygens (including phenoxy) is 1. The van der Waals surface area contributed by atoms with Crippen LogP contribution in [0.5, 0.6) is 0 Å². The van der Waals surface area contributed by atoms with E-state index in [2.05, 4.69) is 5.32 Å². The number of halogens is 1. The molecule has 1 amide bonds. The summed E-state index contributed by atoms with van der Waals surface area (Å²) in [5.74, 6) is -0.166. The van der Waals surface area contributed by atoms with Crippen LogP contribution in [0.1, 0.15) is 29.6 Å². The van der Waals surface area contributed by atoms with Gasteiger partial charge >= 0.3 is 0 Å². The zero-order valence-corrected chi connectivity index (χ0v) is 11.8. The molecule has 0 bridgehead atoms. The number of amides is 1. The first-order valence-corrected chi connectivity index (χ1v) is 6.76. The third-order valence-electron chi connectivity index (χ3n) is 3.65. The van der Waals surface area contributed by atoms with Gasteiger partial charge in [0.1, 0.15) is 0 Å². The number of carbonyl (C=O) groups is 1. The molecule has 19 heavy (non-hydrogen) atoms. The highest BCUT2D eigenvalue weighted by Crippen LogP contribution is 2.48. The molecule has 1 aromatic rings. The summed E-state index contributed by atoms with van der Waals surface area (Å²) in [6.45, 7) is 1.40. The van der Waals surface area contributed by atoms with Gasteiger partial charge in [-0.15, -0.1) is 0 Å². The van der Waals surface area contributed by atoms with E-state index in [9.17, 15) is 4.79 Å². The number of methoxy groups -OCH3 is 1. The fourth-order valence-corrected chi connectivity index (χ4v) is 2.29. The molecular formula is C14H19ClN2O2. The molecule has 3 N–H and O–H groups in total. The number of hydrogen-bond donors (Lipinski definition) is 2. The largest absolute Gasteiger partial charge is 0.399 e. The van der Waals surface area contributed by atoms with Crippen LogP contribution in [0.2, 0.25) is 5.02 Å². The first kappa shape index (κ1) is 14.2. The fourth-order valence-electron chi connectivity index (χ4n) is 2.09. The van der Waals surface area contributed by atoms with Crippen LogP contribution in [0.15, 0.2) is 18.2 Å². The molecule has 1 saturated carbocycles. The SMILES string of the molecule is COCCC1(CNC(=O)c2cc(N)ccc2Cl)CC1. The maximum Gasteiger partial charge on any atom is 0.252 e. The van der Waals surface area contributed by atoms with Gasteiger partial charge in [-0.2, -0.15) is 0 Å². The van der Waals surface area contributed by atoms with Crippen molar-refractivity contribution in [1.82, 2.24) is 5.32 Å². The maximum atomic E-state index is 12.1.